The van der Waals surface area contributed by atoms with Gasteiger partial charge in [0.05, 0.1) is 6.10 Å². The van der Waals surface area contributed by atoms with E-state index in [4.69, 9.17) is 9.47 Å². The maximum absolute atomic E-state index is 10.1. The molecule has 0 aromatic heterocycles. The highest BCUT2D eigenvalue weighted by atomic mass is 16.7. The van der Waals surface area contributed by atoms with Gasteiger partial charge in [-0.1, -0.05) is 0 Å². The molecular weight excluding hydrogens is 156 g/mol. The Morgan fingerprint density at radius 3 is 3.08 bits per heavy atom. The van der Waals surface area contributed by atoms with Gasteiger partial charge in [-0.2, -0.15) is 0 Å². The van der Waals surface area contributed by atoms with Gasteiger partial charge in [-0.05, 0) is 26.2 Å². The van der Waals surface area contributed by atoms with Gasteiger partial charge < -0.3 is 14.3 Å². The topological polar surface area (TPSA) is 35.5 Å². The second-order valence-electron chi connectivity index (χ2n) is 3.15. The van der Waals surface area contributed by atoms with Crippen molar-refractivity contribution in [1.29, 1.82) is 0 Å². The molecule has 1 fully saturated rings. The Morgan fingerprint density at radius 2 is 2.50 bits per heavy atom. The van der Waals surface area contributed by atoms with Crippen LogP contribution in [0.2, 0.25) is 0 Å². The summed E-state index contributed by atoms with van der Waals surface area (Å²) in [5, 5.41) is 0. The summed E-state index contributed by atoms with van der Waals surface area (Å²) in [5.74, 6) is 0. The molecule has 2 atom stereocenters. The molecule has 1 heterocycles. The van der Waals surface area contributed by atoms with E-state index in [0.29, 0.717) is 6.42 Å². The molecule has 1 saturated heterocycles. The molecule has 70 valence electrons. The van der Waals surface area contributed by atoms with E-state index in [2.05, 4.69) is 0 Å². The molecule has 0 N–H and O–H groups in total. The fourth-order valence-electron chi connectivity index (χ4n) is 1.27. The molecule has 0 saturated carbocycles. The minimum Gasteiger partial charge on any atom is -0.353 e. The molecule has 0 aliphatic carbocycles. The van der Waals surface area contributed by atoms with Crippen molar-refractivity contribution >= 4 is 6.29 Å². The number of carbonyl (C=O) groups is 1. The molecule has 1 aliphatic heterocycles. The zero-order valence-corrected chi connectivity index (χ0v) is 7.49. The minimum atomic E-state index is -0.0753. The van der Waals surface area contributed by atoms with Crippen LogP contribution in [0.1, 0.15) is 32.6 Å². The lowest BCUT2D eigenvalue weighted by molar-refractivity contribution is -0.184. The fourth-order valence-corrected chi connectivity index (χ4v) is 1.27. The van der Waals surface area contributed by atoms with Crippen LogP contribution in [0, 0.1) is 0 Å². The van der Waals surface area contributed by atoms with Crippen molar-refractivity contribution in [2.24, 2.45) is 0 Å². The van der Waals surface area contributed by atoms with E-state index in [1.165, 1.54) is 6.42 Å². The Morgan fingerprint density at radius 1 is 1.67 bits per heavy atom. The van der Waals surface area contributed by atoms with Gasteiger partial charge in [-0.15, -0.1) is 0 Å². The second-order valence-corrected chi connectivity index (χ2v) is 3.15. The second kappa shape index (κ2) is 5.27. The lowest BCUT2D eigenvalue weighted by atomic mass is 10.2. The van der Waals surface area contributed by atoms with Crippen LogP contribution in [0.3, 0.4) is 0 Å². The Balaban J connectivity index is 2.15. The summed E-state index contributed by atoms with van der Waals surface area (Å²) in [7, 11) is 0. The number of hydrogen-bond acceptors (Lipinski definition) is 3. The monoisotopic (exact) mass is 172 g/mol. The van der Waals surface area contributed by atoms with E-state index < -0.39 is 0 Å². The maximum Gasteiger partial charge on any atom is 0.157 e. The van der Waals surface area contributed by atoms with Gasteiger partial charge in [0.1, 0.15) is 6.29 Å². The van der Waals surface area contributed by atoms with Crippen molar-refractivity contribution in [3.8, 4) is 0 Å². The first-order valence-electron chi connectivity index (χ1n) is 4.53. The van der Waals surface area contributed by atoms with Crippen LogP contribution in [0.15, 0.2) is 0 Å². The number of hydrogen-bond donors (Lipinski definition) is 0. The molecule has 0 aromatic rings. The molecule has 0 amide bonds. The van der Waals surface area contributed by atoms with Gasteiger partial charge in [-0.3, -0.25) is 0 Å². The summed E-state index contributed by atoms with van der Waals surface area (Å²) in [6, 6.07) is 0. The average molecular weight is 172 g/mol. The summed E-state index contributed by atoms with van der Waals surface area (Å²) in [5.41, 5.74) is 0. The molecule has 3 nitrogen and oxygen atoms in total. The van der Waals surface area contributed by atoms with Gasteiger partial charge >= 0.3 is 0 Å². The molecule has 1 aliphatic rings. The number of aldehydes is 1. The minimum absolute atomic E-state index is 0.00870. The van der Waals surface area contributed by atoms with Crippen molar-refractivity contribution in [3.63, 3.8) is 0 Å². The SMILES string of the molecule is CC(CC=O)O[C@@H]1CCCCO1. The third-order valence-corrected chi connectivity index (χ3v) is 1.95. The molecule has 0 bridgehead atoms. The van der Waals surface area contributed by atoms with Crippen LogP contribution in [0.25, 0.3) is 0 Å². The van der Waals surface area contributed by atoms with E-state index in [1.807, 2.05) is 6.92 Å². The molecule has 0 radical (unpaired) electrons. The highest BCUT2D eigenvalue weighted by molar-refractivity contribution is 5.49. The van der Waals surface area contributed by atoms with Crippen molar-refractivity contribution in [1.82, 2.24) is 0 Å². The zero-order chi connectivity index (χ0) is 8.81. The predicted octanol–water partition coefficient (Wildman–Crippen LogP) is 1.51. The first kappa shape index (κ1) is 9.68. The van der Waals surface area contributed by atoms with Crippen LogP contribution in [-0.4, -0.2) is 25.3 Å². The average Bonchev–Trinajstić information content (AvgIpc) is 2.06. The van der Waals surface area contributed by atoms with E-state index in [1.54, 1.807) is 0 Å². The van der Waals surface area contributed by atoms with Crippen molar-refractivity contribution in [2.75, 3.05) is 6.61 Å². The van der Waals surface area contributed by atoms with Crippen molar-refractivity contribution in [2.45, 2.75) is 45.0 Å². The van der Waals surface area contributed by atoms with Crippen molar-refractivity contribution < 1.29 is 14.3 Å². The lowest BCUT2D eigenvalue weighted by Crippen LogP contribution is -2.26. The third kappa shape index (κ3) is 3.32. The van der Waals surface area contributed by atoms with E-state index in [-0.39, 0.29) is 12.4 Å². The fraction of sp³-hybridized carbons (Fsp3) is 0.889. The summed E-state index contributed by atoms with van der Waals surface area (Å²) >= 11 is 0. The smallest absolute Gasteiger partial charge is 0.157 e. The van der Waals surface area contributed by atoms with Crippen LogP contribution in [0.4, 0.5) is 0 Å². The Bertz CT molecular complexity index is 130. The van der Waals surface area contributed by atoms with Crippen LogP contribution in [-0.2, 0) is 14.3 Å². The Kier molecular flexibility index (Phi) is 4.25. The maximum atomic E-state index is 10.1. The normalized spacial score (nSPS) is 26.6. The molecular formula is C9H16O3. The van der Waals surface area contributed by atoms with Crippen LogP contribution in [0.5, 0.6) is 0 Å². The zero-order valence-electron chi connectivity index (χ0n) is 7.49. The standard InChI is InChI=1S/C9H16O3/c1-8(5-6-10)12-9-4-2-3-7-11-9/h6,8-9H,2-5,7H2,1H3/t8?,9-/m1/s1. The molecule has 1 unspecified atom stereocenters. The van der Waals surface area contributed by atoms with Gasteiger partial charge in [-0.25, -0.2) is 0 Å². The summed E-state index contributed by atoms with van der Waals surface area (Å²) < 4.78 is 10.8. The van der Waals surface area contributed by atoms with E-state index in [0.717, 1.165) is 25.7 Å². The van der Waals surface area contributed by atoms with Gasteiger partial charge in [0.25, 0.3) is 0 Å². The highest BCUT2D eigenvalue weighted by Crippen LogP contribution is 2.15. The van der Waals surface area contributed by atoms with Gasteiger partial charge in [0.2, 0.25) is 0 Å². The Hall–Kier alpha value is -0.410. The highest BCUT2D eigenvalue weighted by Gasteiger charge is 2.16. The van der Waals surface area contributed by atoms with Crippen LogP contribution >= 0.6 is 0 Å². The van der Waals surface area contributed by atoms with E-state index >= 15 is 0 Å². The summed E-state index contributed by atoms with van der Waals surface area (Å²) in [6.45, 7) is 2.69. The molecule has 3 heteroatoms. The van der Waals surface area contributed by atoms with Gasteiger partial charge in [0.15, 0.2) is 6.29 Å². The van der Waals surface area contributed by atoms with Gasteiger partial charge in [0, 0.05) is 13.0 Å². The molecule has 0 spiro atoms. The van der Waals surface area contributed by atoms with Crippen LogP contribution < -0.4 is 0 Å². The summed E-state index contributed by atoms with van der Waals surface area (Å²) in [4.78, 5) is 10.1. The first-order valence-corrected chi connectivity index (χ1v) is 4.53. The first-order chi connectivity index (χ1) is 5.83. The predicted molar refractivity (Wildman–Crippen MR) is 44.8 cm³/mol. The quantitative estimate of drug-likeness (QED) is 0.603. The third-order valence-electron chi connectivity index (χ3n) is 1.95. The number of rotatable bonds is 4. The summed E-state index contributed by atoms with van der Waals surface area (Å²) in [6.07, 6.45) is 4.51. The number of carbonyl (C=O) groups excluding carboxylic acids is 1. The number of ether oxygens (including phenoxy) is 2. The molecule has 12 heavy (non-hydrogen) atoms. The molecule has 1 rings (SSSR count). The largest absolute Gasteiger partial charge is 0.353 e. The Labute approximate surface area is 73.0 Å². The van der Waals surface area contributed by atoms with Crippen molar-refractivity contribution in [3.05, 3.63) is 0 Å². The molecule has 0 aromatic carbocycles. The lowest BCUT2D eigenvalue weighted by Gasteiger charge is -2.25. The van der Waals surface area contributed by atoms with E-state index in [9.17, 15) is 4.79 Å².